The van der Waals surface area contributed by atoms with Crippen LogP contribution in [0.4, 0.5) is 5.69 Å². The average molecular weight is 567 g/mol. The lowest BCUT2D eigenvalue weighted by Gasteiger charge is -2.37. The van der Waals surface area contributed by atoms with Crippen molar-refractivity contribution in [3.05, 3.63) is 74.6 Å². The van der Waals surface area contributed by atoms with Gasteiger partial charge in [0.1, 0.15) is 0 Å². The van der Waals surface area contributed by atoms with Crippen LogP contribution in [0.2, 0.25) is 0 Å². The number of aliphatic hydroxyl groups is 1. The number of benzene rings is 1. The molecule has 3 aromatic heterocycles. The largest absolute Gasteiger partial charge is 0.395 e. The Morgan fingerprint density at radius 2 is 2.05 bits per heavy atom. The van der Waals surface area contributed by atoms with Gasteiger partial charge in [-0.3, -0.25) is 9.78 Å². The van der Waals surface area contributed by atoms with Crippen molar-refractivity contribution in [3.8, 4) is 17.2 Å². The molecular formula is C32H34N6O2S. The Morgan fingerprint density at radius 1 is 1.20 bits per heavy atom. The zero-order valence-corrected chi connectivity index (χ0v) is 24.4. The molecule has 0 amide bonds. The van der Waals surface area contributed by atoms with E-state index in [0.717, 1.165) is 57.7 Å². The summed E-state index contributed by atoms with van der Waals surface area (Å²) in [6.07, 6.45) is 5.69. The predicted molar refractivity (Wildman–Crippen MR) is 162 cm³/mol. The first kappa shape index (κ1) is 26.3. The summed E-state index contributed by atoms with van der Waals surface area (Å²) in [6.45, 7) is 8.59. The van der Waals surface area contributed by atoms with E-state index in [9.17, 15) is 15.2 Å². The molecule has 8 nitrogen and oxygen atoms in total. The maximum Gasteiger partial charge on any atom is 0.267 e. The first-order valence-corrected chi connectivity index (χ1v) is 15.2. The maximum atomic E-state index is 12.9. The Bertz CT molecular complexity index is 1760. The number of rotatable bonds is 5. The molecule has 9 heteroatoms. The van der Waals surface area contributed by atoms with E-state index in [1.165, 1.54) is 15.9 Å². The minimum Gasteiger partial charge on any atom is -0.395 e. The Balaban J connectivity index is 1.32. The van der Waals surface area contributed by atoms with Crippen LogP contribution in [0.1, 0.15) is 61.1 Å². The molecule has 0 bridgehead atoms. The van der Waals surface area contributed by atoms with Gasteiger partial charge in [0.15, 0.2) is 0 Å². The number of nitrogens with zero attached hydrogens (tertiary/aromatic N) is 5. The van der Waals surface area contributed by atoms with Crippen molar-refractivity contribution >= 4 is 27.2 Å². The first-order chi connectivity index (χ1) is 19.7. The second-order valence-corrected chi connectivity index (χ2v) is 13.9. The van der Waals surface area contributed by atoms with E-state index in [0.29, 0.717) is 30.0 Å². The number of fused-ring (bicyclic) bond motifs is 4. The fourth-order valence-corrected chi connectivity index (χ4v) is 7.72. The van der Waals surface area contributed by atoms with Gasteiger partial charge in [0, 0.05) is 59.1 Å². The number of nitrogens with one attached hydrogen (secondary N) is 1. The quantitative estimate of drug-likeness (QED) is 0.369. The number of anilines is 1. The standard InChI is InChI=1S/C32H34N6O2S/c1-32(2,3)20-9-29(40)38(36-13-20)16-23-11-28-31(41-23)24(4-5-34-28)26-6-18(12-33)7-27-25-8-19(25)15-37(30(26)27)22-10-21(17-39)35-14-22/h4-7,9,11,13,19,21-22,25,35,39H,8,10,14-17H2,1-3H3/t19-,21-,22+,25-/m1/s1. The second-order valence-electron chi connectivity index (χ2n) is 12.8. The van der Waals surface area contributed by atoms with Crippen molar-refractivity contribution in [2.45, 2.75) is 63.6 Å². The average Bonchev–Trinajstić information content (AvgIpc) is 3.38. The predicted octanol–water partition coefficient (Wildman–Crippen LogP) is 4.38. The summed E-state index contributed by atoms with van der Waals surface area (Å²) in [6, 6.07) is 12.7. The highest BCUT2D eigenvalue weighted by molar-refractivity contribution is 7.19. The highest BCUT2D eigenvalue weighted by Crippen LogP contribution is 2.58. The number of thiophene rings is 1. The Labute approximate surface area is 243 Å². The zero-order chi connectivity index (χ0) is 28.5. The third-order valence-corrected chi connectivity index (χ3v) is 10.1. The molecule has 1 aliphatic carbocycles. The monoisotopic (exact) mass is 566 g/mol. The molecule has 0 spiro atoms. The minimum atomic E-state index is -0.138. The van der Waals surface area contributed by atoms with E-state index in [2.05, 4.69) is 65.3 Å². The Hall–Kier alpha value is -3.58. The molecule has 210 valence electrons. The number of nitriles is 1. The van der Waals surface area contributed by atoms with Gasteiger partial charge in [-0.15, -0.1) is 11.3 Å². The van der Waals surface area contributed by atoms with E-state index in [-0.39, 0.29) is 23.6 Å². The van der Waals surface area contributed by atoms with Crippen molar-refractivity contribution in [2.24, 2.45) is 5.92 Å². The Kier molecular flexibility index (Phi) is 6.27. The van der Waals surface area contributed by atoms with Gasteiger partial charge in [0.05, 0.1) is 41.2 Å². The summed E-state index contributed by atoms with van der Waals surface area (Å²) in [5.74, 6) is 1.13. The van der Waals surface area contributed by atoms with Gasteiger partial charge in [-0.2, -0.15) is 10.4 Å². The van der Waals surface area contributed by atoms with Crippen LogP contribution in [-0.2, 0) is 12.0 Å². The smallest absolute Gasteiger partial charge is 0.267 e. The number of hydrogen-bond donors (Lipinski definition) is 2. The van der Waals surface area contributed by atoms with Crippen LogP contribution in [-0.4, -0.2) is 51.7 Å². The number of aliphatic hydroxyl groups excluding tert-OH is 1. The van der Waals surface area contributed by atoms with Crippen molar-refractivity contribution < 1.29 is 5.11 Å². The molecule has 2 N–H and O–H groups in total. The minimum absolute atomic E-state index is 0.111. The van der Waals surface area contributed by atoms with Gasteiger partial charge in [-0.05, 0) is 65.5 Å². The molecule has 0 unspecified atom stereocenters. The number of aromatic nitrogens is 3. The highest BCUT2D eigenvalue weighted by Gasteiger charge is 2.48. The highest BCUT2D eigenvalue weighted by atomic mass is 32.1. The summed E-state index contributed by atoms with van der Waals surface area (Å²) in [5, 5.41) is 27.7. The van der Waals surface area contributed by atoms with E-state index in [1.54, 1.807) is 23.6 Å². The van der Waals surface area contributed by atoms with Crippen molar-refractivity contribution in [2.75, 3.05) is 24.6 Å². The molecule has 2 aliphatic heterocycles. The molecule has 3 aliphatic rings. The lowest BCUT2D eigenvalue weighted by molar-refractivity contribution is 0.254. The summed E-state index contributed by atoms with van der Waals surface area (Å²) in [4.78, 5) is 21.1. The molecule has 0 radical (unpaired) electrons. The molecule has 1 aromatic carbocycles. The summed E-state index contributed by atoms with van der Waals surface area (Å²) < 4.78 is 2.56. The molecule has 5 heterocycles. The molecule has 41 heavy (non-hydrogen) atoms. The van der Waals surface area contributed by atoms with Crippen LogP contribution in [0.25, 0.3) is 21.3 Å². The first-order valence-electron chi connectivity index (χ1n) is 14.4. The number of hydrogen-bond acceptors (Lipinski definition) is 8. The van der Waals surface area contributed by atoms with Crippen LogP contribution >= 0.6 is 11.3 Å². The lowest BCUT2D eigenvalue weighted by atomic mass is 9.89. The van der Waals surface area contributed by atoms with Crippen LogP contribution < -0.4 is 15.8 Å². The van der Waals surface area contributed by atoms with Gasteiger partial charge in [-0.1, -0.05) is 20.8 Å². The molecule has 2 fully saturated rings. The summed E-state index contributed by atoms with van der Waals surface area (Å²) in [5.41, 5.74) is 6.88. The van der Waals surface area contributed by atoms with Gasteiger partial charge >= 0.3 is 0 Å². The van der Waals surface area contributed by atoms with Crippen molar-refractivity contribution in [3.63, 3.8) is 0 Å². The van der Waals surface area contributed by atoms with Crippen molar-refractivity contribution in [1.29, 1.82) is 5.26 Å². The molecule has 4 atom stereocenters. The Morgan fingerprint density at radius 3 is 2.78 bits per heavy atom. The normalized spacial score (nSPS) is 23.3. The molecule has 7 rings (SSSR count). The van der Waals surface area contributed by atoms with Crippen LogP contribution in [0, 0.1) is 17.2 Å². The van der Waals surface area contributed by atoms with E-state index >= 15 is 0 Å². The van der Waals surface area contributed by atoms with Crippen LogP contribution in [0.3, 0.4) is 0 Å². The summed E-state index contributed by atoms with van der Waals surface area (Å²) >= 11 is 1.64. The van der Waals surface area contributed by atoms with Crippen molar-refractivity contribution in [1.82, 2.24) is 20.1 Å². The van der Waals surface area contributed by atoms with Gasteiger partial charge < -0.3 is 15.3 Å². The lowest BCUT2D eigenvalue weighted by Crippen LogP contribution is -2.41. The van der Waals surface area contributed by atoms with Crippen LogP contribution in [0.5, 0.6) is 0 Å². The fourth-order valence-electron chi connectivity index (χ4n) is 6.60. The maximum absolute atomic E-state index is 12.9. The molecule has 1 saturated heterocycles. The third kappa shape index (κ3) is 4.64. The molecular weight excluding hydrogens is 532 g/mol. The van der Waals surface area contributed by atoms with Gasteiger partial charge in [0.25, 0.3) is 5.56 Å². The second kappa shape index (κ2) is 9.76. The van der Waals surface area contributed by atoms with Gasteiger partial charge in [-0.25, -0.2) is 4.68 Å². The topological polar surface area (TPSA) is 107 Å². The zero-order valence-electron chi connectivity index (χ0n) is 23.6. The molecule has 4 aromatic rings. The van der Waals surface area contributed by atoms with E-state index < -0.39 is 0 Å². The summed E-state index contributed by atoms with van der Waals surface area (Å²) in [7, 11) is 0. The van der Waals surface area contributed by atoms with Gasteiger partial charge in [0.2, 0.25) is 0 Å². The fraction of sp³-hybridized carbons (Fsp3) is 0.438. The third-order valence-electron chi connectivity index (χ3n) is 8.96. The SMILES string of the molecule is CC(C)(C)c1cnn(Cc2cc3nccc(-c4cc(C#N)cc5c4N([C@@H]4CN[C@@H](CO)C4)C[C@H]4C[C@@H]54)c3s2)c(=O)c1. The van der Waals surface area contributed by atoms with E-state index in [4.69, 9.17) is 0 Å². The number of pyridine rings is 1. The van der Waals surface area contributed by atoms with E-state index in [1.807, 2.05) is 12.3 Å². The molecule has 1 saturated carbocycles. The van der Waals surface area contributed by atoms with Crippen LogP contribution in [0.15, 0.2) is 47.5 Å².